The zero-order valence-corrected chi connectivity index (χ0v) is 14.3. The van der Waals surface area contributed by atoms with E-state index in [2.05, 4.69) is 15.6 Å². The van der Waals surface area contributed by atoms with Gasteiger partial charge in [0.15, 0.2) is 0 Å². The summed E-state index contributed by atoms with van der Waals surface area (Å²) in [7, 11) is 0. The van der Waals surface area contributed by atoms with Gasteiger partial charge in [-0.3, -0.25) is 14.6 Å². The fourth-order valence-corrected chi connectivity index (χ4v) is 3.55. The Hall–Kier alpha value is -1.95. The number of hydrogen-bond acceptors (Lipinski definition) is 4. The molecule has 0 aliphatic carbocycles. The Labute approximate surface area is 143 Å². The van der Waals surface area contributed by atoms with Gasteiger partial charge in [-0.15, -0.1) is 0 Å². The Balaban J connectivity index is 1.52. The Bertz CT molecular complexity index is 598. The van der Waals surface area contributed by atoms with Crippen LogP contribution in [0.25, 0.3) is 0 Å². The number of aromatic nitrogens is 1. The Morgan fingerprint density at radius 3 is 2.96 bits per heavy atom. The van der Waals surface area contributed by atoms with Crippen molar-refractivity contribution in [2.75, 3.05) is 26.2 Å². The predicted octanol–water partition coefficient (Wildman–Crippen LogP) is 1.11. The van der Waals surface area contributed by atoms with Crippen LogP contribution in [0.5, 0.6) is 0 Å². The highest BCUT2D eigenvalue weighted by molar-refractivity contribution is 5.94. The maximum Gasteiger partial charge on any atom is 0.255 e. The van der Waals surface area contributed by atoms with E-state index in [1.165, 1.54) is 0 Å². The van der Waals surface area contributed by atoms with Gasteiger partial charge in [-0.1, -0.05) is 0 Å². The molecule has 2 fully saturated rings. The second-order valence-corrected chi connectivity index (χ2v) is 6.90. The van der Waals surface area contributed by atoms with Crippen LogP contribution >= 0.6 is 0 Å². The molecule has 2 saturated heterocycles. The number of carbonyl (C=O) groups excluding carboxylic acids is 2. The molecule has 2 aliphatic rings. The number of nitrogens with one attached hydrogen (secondary N) is 2. The molecule has 3 rings (SSSR count). The van der Waals surface area contributed by atoms with Gasteiger partial charge in [0.1, 0.15) is 0 Å². The molecule has 1 aromatic heterocycles. The fraction of sp³-hybridized carbons (Fsp3) is 0.611. The topological polar surface area (TPSA) is 74.3 Å². The number of carbonyl (C=O) groups is 2. The average molecular weight is 330 g/mol. The first-order chi connectivity index (χ1) is 11.6. The van der Waals surface area contributed by atoms with Gasteiger partial charge in [0.2, 0.25) is 5.91 Å². The summed E-state index contributed by atoms with van der Waals surface area (Å²) >= 11 is 0. The third-order valence-corrected chi connectivity index (χ3v) is 4.87. The van der Waals surface area contributed by atoms with E-state index in [0.29, 0.717) is 24.6 Å². The van der Waals surface area contributed by atoms with Crippen molar-refractivity contribution in [3.05, 3.63) is 29.6 Å². The molecule has 0 aromatic carbocycles. The molecular weight excluding hydrogens is 304 g/mol. The molecule has 1 aromatic rings. The van der Waals surface area contributed by atoms with Gasteiger partial charge in [-0.05, 0) is 56.7 Å². The van der Waals surface area contributed by atoms with Crippen molar-refractivity contribution in [1.29, 1.82) is 0 Å². The van der Waals surface area contributed by atoms with Crippen LogP contribution in [-0.4, -0.2) is 53.9 Å². The highest BCUT2D eigenvalue weighted by Crippen LogP contribution is 2.18. The standard InChI is InChI=1S/C18H26N4O2/c1-13-8-15(11-19-9-13)18(24)22-7-3-4-14(12-22)10-21-17(23)16-5-2-6-20-16/h8-9,11,14,16,20H,2-7,10,12H2,1H3,(H,21,23)/t14-,16-/m1/s1. The largest absolute Gasteiger partial charge is 0.354 e. The van der Waals surface area contributed by atoms with Crippen LogP contribution in [0.4, 0.5) is 0 Å². The number of aryl methyl sites for hydroxylation is 1. The molecule has 6 nitrogen and oxygen atoms in total. The van der Waals surface area contributed by atoms with Crippen LogP contribution in [-0.2, 0) is 4.79 Å². The Morgan fingerprint density at radius 1 is 1.33 bits per heavy atom. The lowest BCUT2D eigenvalue weighted by Crippen LogP contribution is -2.46. The van der Waals surface area contributed by atoms with E-state index < -0.39 is 0 Å². The summed E-state index contributed by atoms with van der Waals surface area (Å²) < 4.78 is 0. The van der Waals surface area contributed by atoms with E-state index in [1.807, 2.05) is 17.9 Å². The molecule has 0 unspecified atom stereocenters. The van der Waals surface area contributed by atoms with Crippen LogP contribution in [0.15, 0.2) is 18.5 Å². The molecular formula is C18H26N4O2. The first-order valence-electron chi connectivity index (χ1n) is 8.85. The van der Waals surface area contributed by atoms with Crippen molar-refractivity contribution in [3.8, 4) is 0 Å². The molecule has 2 atom stereocenters. The van der Waals surface area contributed by atoms with Gasteiger partial charge in [-0.25, -0.2) is 0 Å². The number of rotatable bonds is 4. The molecule has 0 saturated carbocycles. The summed E-state index contributed by atoms with van der Waals surface area (Å²) in [5.74, 6) is 0.462. The van der Waals surface area contributed by atoms with Crippen LogP contribution in [0.3, 0.4) is 0 Å². The van der Waals surface area contributed by atoms with Crippen molar-refractivity contribution >= 4 is 11.8 Å². The summed E-state index contributed by atoms with van der Waals surface area (Å²) in [6.07, 6.45) is 7.39. The number of pyridine rings is 1. The van der Waals surface area contributed by atoms with Crippen LogP contribution in [0.2, 0.25) is 0 Å². The molecule has 2 amide bonds. The first-order valence-corrected chi connectivity index (χ1v) is 8.85. The van der Waals surface area contributed by atoms with Crippen LogP contribution in [0, 0.1) is 12.8 Å². The highest BCUT2D eigenvalue weighted by Gasteiger charge is 2.27. The van der Waals surface area contributed by atoms with E-state index in [4.69, 9.17) is 0 Å². The Kier molecular flexibility index (Phi) is 5.45. The van der Waals surface area contributed by atoms with Gasteiger partial charge >= 0.3 is 0 Å². The fourth-order valence-electron chi connectivity index (χ4n) is 3.55. The smallest absolute Gasteiger partial charge is 0.255 e. The van der Waals surface area contributed by atoms with Crippen molar-refractivity contribution in [1.82, 2.24) is 20.5 Å². The normalized spacial score (nSPS) is 24.0. The maximum atomic E-state index is 12.6. The van der Waals surface area contributed by atoms with Gasteiger partial charge in [0.05, 0.1) is 11.6 Å². The third-order valence-electron chi connectivity index (χ3n) is 4.87. The third kappa shape index (κ3) is 4.12. The lowest BCUT2D eigenvalue weighted by molar-refractivity contribution is -0.123. The molecule has 0 radical (unpaired) electrons. The molecule has 24 heavy (non-hydrogen) atoms. The van der Waals surface area contributed by atoms with Crippen molar-refractivity contribution in [3.63, 3.8) is 0 Å². The minimum Gasteiger partial charge on any atom is -0.354 e. The van der Waals surface area contributed by atoms with E-state index in [1.54, 1.807) is 12.4 Å². The summed E-state index contributed by atoms with van der Waals surface area (Å²) in [5, 5.41) is 6.27. The SMILES string of the molecule is Cc1cncc(C(=O)N2CCC[C@H](CNC(=O)[C@H]3CCCN3)C2)c1. The molecule has 0 spiro atoms. The van der Waals surface area contributed by atoms with E-state index >= 15 is 0 Å². The molecule has 2 aliphatic heterocycles. The second kappa shape index (κ2) is 7.75. The average Bonchev–Trinajstić information content (AvgIpc) is 3.14. The number of nitrogens with zero attached hydrogens (tertiary/aromatic N) is 2. The first kappa shape index (κ1) is 16.9. The summed E-state index contributed by atoms with van der Waals surface area (Å²) in [4.78, 5) is 30.7. The lowest BCUT2D eigenvalue weighted by Gasteiger charge is -2.33. The van der Waals surface area contributed by atoms with Crippen molar-refractivity contribution in [2.24, 2.45) is 5.92 Å². The second-order valence-electron chi connectivity index (χ2n) is 6.90. The molecule has 2 N–H and O–H groups in total. The van der Waals surface area contributed by atoms with E-state index in [9.17, 15) is 9.59 Å². The monoisotopic (exact) mass is 330 g/mol. The van der Waals surface area contributed by atoms with Crippen LogP contribution in [0.1, 0.15) is 41.6 Å². The van der Waals surface area contributed by atoms with Gasteiger partial charge in [-0.2, -0.15) is 0 Å². The molecule has 3 heterocycles. The van der Waals surface area contributed by atoms with Crippen LogP contribution < -0.4 is 10.6 Å². The zero-order chi connectivity index (χ0) is 16.9. The molecule has 0 bridgehead atoms. The number of hydrogen-bond donors (Lipinski definition) is 2. The van der Waals surface area contributed by atoms with E-state index in [0.717, 1.165) is 44.3 Å². The zero-order valence-electron chi connectivity index (χ0n) is 14.3. The number of likely N-dealkylation sites (tertiary alicyclic amines) is 1. The summed E-state index contributed by atoms with van der Waals surface area (Å²) in [6.45, 7) is 4.99. The number of amides is 2. The number of piperidine rings is 1. The van der Waals surface area contributed by atoms with Gasteiger partial charge in [0, 0.05) is 32.0 Å². The van der Waals surface area contributed by atoms with E-state index in [-0.39, 0.29) is 17.9 Å². The highest BCUT2D eigenvalue weighted by atomic mass is 16.2. The van der Waals surface area contributed by atoms with Crippen molar-refractivity contribution < 1.29 is 9.59 Å². The maximum absolute atomic E-state index is 12.6. The molecule has 6 heteroatoms. The predicted molar refractivity (Wildman–Crippen MR) is 91.6 cm³/mol. The minimum atomic E-state index is -0.0373. The summed E-state index contributed by atoms with van der Waals surface area (Å²) in [6, 6.07) is 1.84. The molecule has 130 valence electrons. The minimum absolute atomic E-state index is 0.0373. The van der Waals surface area contributed by atoms with Crippen molar-refractivity contribution in [2.45, 2.75) is 38.6 Å². The Morgan fingerprint density at radius 2 is 2.21 bits per heavy atom. The quantitative estimate of drug-likeness (QED) is 0.867. The lowest BCUT2D eigenvalue weighted by atomic mass is 9.97. The summed E-state index contributed by atoms with van der Waals surface area (Å²) in [5.41, 5.74) is 1.64. The van der Waals surface area contributed by atoms with Gasteiger partial charge in [0.25, 0.3) is 5.91 Å². The van der Waals surface area contributed by atoms with Gasteiger partial charge < -0.3 is 15.5 Å².